The van der Waals surface area contributed by atoms with Crippen molar-refractivity contribution in [1.82, 2.24) is 25.5 Å². The minimum absolute atomic E-state index is 0.0760. The van der Waals surface area contributed by atoms with Gasteiger partial charge in [0.2, 0.25) is 0 Å². The fraction of sp³-hybridized carbons (Fsp3) is 0.176. The summed E-state index contributed by atoms with van der Waals surface area (Å²) in [5, 5.41) is 14.9. The second-order valence-corrected chi connectivity index (χ2v) is 5.75. The summed E-state index contributed by atoms with van der Waals surface area (Å²) in [6.07, 6.45) is 0. The first-order valence-corrected chi connectivity index (χ1v) is 7.99. The predicted molar refractivity (Wildman–Crippen MR) is 92.7 cm³/mol. The second kappa shape index (κ2) is 7.76. The number of carbonyl (C=O) groups is 1. The zero-order valence-corrected chi connectivity index (χ0v) is 14.3. The molecule has 3 rings (SSSR count). The van der Waals surface area contributed by atoms with E-state index in [-0.39, 0.29) is 19.1 Å². The van der Waals surface area contributed by atoms with E-state index in [0.29, 0.717) is 16.6 Å². The lowest BCUT2D eigenvalue weighted by molar-refractivity contribution is -0.123. The van der Waals surface area contributed by atoms with Crippen LogP contribution in [0.5, 0.6) is 5.75 Å². The number of ether oxygens (including phenoxy) is 1. The lowest BCUT2D eigenvalue weighted by Gasteiger charge is -2.09. The van der Waals surface area contributed by atoms with Crippen LogP contribution in [0.3, 0.4) is 0 Å². The highest BCUT2D eigenvalue weighted by Gasteiger charge is 2.10. The maximum Gasteiger partial charge on any atom is 0.258 e. The van der Waals surface area contributed by atoms with Crippen LogP contribution in [0.1, 0.15) is 11.4 Å². The molecule has 1 N–H and O–H groups in total. The Morgan fingerprint density at radius 3 is 2.72 bits per heavy atom. The number of nitrogens with one attached hydrogen (secondary N) is 1. The number of nitrogens with zero attached hydrogens (tertiary/aromatic N) is 4. The molecular weight excluding hydrogens is 342 g/mol. The number of hydrogen-bond donors (Lipinski definition) is 1. The minimum Gasteiger partial charge on any atom is -0.484 e. The summed E-state index contributed by atoms with van der Waals surface area (Å²) in [7, 11) is 0. The Morgan fingerprint density at radius 1 is 1.20 bits per heavy atom. The van der Waals surface area contributed by atoms with E-state index in [0.717, 1.165) is 11.3 Å². The molecule has 2 aromatic carbocycles. The summed E-state index contributed by atoms with van der Waals surface area (Å²) >= 11 is 5.88. The van der Waals surface area contributed by atoms with Crippen LogP contribution >= 0.6 is 11.6 Å². The van der Waals surface area contributed by atoms with Crippen LogP contribution in [0.4, 0.5) is 0 Å². The number of rotatable bonds is 6. The Labute approximate surface area is 149 Å². The lowest BCUT2D eigenvalue weighted by Crippen LogP contribution is -2.29. The van der Waals surface area contributed by atoms with Crippen molar-refractivity contribution in [3.05, 3.63) is 64.9 Å². The van der Waals surface area contributed by atoms with Gasteiger partial charge in [-0.2, -0.15) is 4.68 Å². The van der Waals surface area contributed by atoms with Crippen molar-refractivity contribution in [2.75, 3.05) is 6.61 Å². The lowest BCUT2D eigenvalue weighted by atomic mass is 10.2. The van der Waals surface area contributed by atoms with Crippen LogP contribution in [0.2, 0.25) is 5.02 Å². The number of aryl methyl sites for hydroxylation is 1. The van der Waals surface area contributed by atoms with Crippen molar-refractivity contribution in [2.24, 2.45) is 0 Å². The Kier molecular flexibility index (Phi) is 5.25. The first-order valence-electron chi connectivity index (χ1n) is 7.62. The highest BCUT2D eigenvalue weighted by Crippen LogP contribution is 2.16. The van der Waals surface area contributed by atoms with Crippen LogP contribution in [0, 0.1) is 6.92 Å². The Balaban J connectivity index is 1.57. The van der Waals surface area contributed by atoms with Crippen molar-refractivity contribution >= 4 is 17.5 Å². The van der Waals surface area contributed by atoms with E-state index in [4.69, 9.17) is 16.3 Å². The van der Waals surface area contributed by atoms with Gasteiger partial charge in [-0.05, 0) is 53.2 Å². The predicted octanol–water partition coefficient (Wildman–Crippen LogP) is 2.32. The van der Waals surface area contributed by atoms with Gasteiger partial charge < -0.3 is 10.1 Å². The SMILES string of the molecule is Cc1ccccc1OCC(=O)NCc1nnnn1-c1ccc(Cl)cc1. The van der Waals surface area contributed by atoms with Gasteiger partial charge in [0.25, 0.3) is 5.91 Å². The zero-order chi connectivity index (χ0) is 17.6. The van der Waals surface area contributed by atoms with Gasteiger partial charge in [-0.3, -0.25) is 4.79 Å². The van der Waals surface area contributed by atoms with Crippen molar-refractivity contribution < 1.29 is 9.53 Å². The largest absolute Gasteiger partial charge is 0.484 e. The summed E-state index contributed by atoms with van der Waals surface area (Å²) in [6, 6.07) is 14.6. The monoisotopic (exact) mass is 357 g/mol. The molecule has 8 heteroatoms. The van der Waals surface area contributed by atoms with E-state index in [9.17, 15) is 4.79 Å². The standard InChI is InChI=1S/C17H16ClN5O2/c1-12-4-2-3-5-15(12)25-11-17(24)19-10-16-20-21-22-23(16)14-8-6-13(18)7-9-14/h2-9H,10-11H2,1H3,(H,19,24). The van der Waals surface area contributed by atoms with Gasteiger partial charge in [-0.15, -0.1) is 5.10 Å². The molecule has 25 heavy (non-hydrogen) atoms. The molecule has 0 bridgehead atoms. The van der Waals surface area contributed by atoms with Gasteiger partial charge in [0, 0.05) is 5.02 Å². The fourth-order valence-corrected chi connectivity index (χ4v) is 2.32. The molecule has 0 spiro atoms. The van der Waals surface area contributed by atoms with Crippen molar-refractivity contribution in [3.8, 4) is 11.4 Å². The molecule has 0 aliphatic carbocycles. The van der Waals surface area contributed by atoms with Crippen LogP contribution in [0.25, 0.3) is 5.69 Å². The molecule has 1 aromatic heterocycles. The van der Waals surface area contributed by atoms with E-state index in [2.05, 4.69) is 20.8 Å². The Morgan fingerprint density at radius 2 is 1.96 bits per heavy atom. The molecule has 1 amide bonds. The number of amides is 1. The number of carbonyl (C=O) groups excluding carboxylic acids is 1. The van der Waals surface area contributed by atoms with Crippen LogP contribution in [-0.2, 0) is 11.3 Å². The van der Waals surface area contributed by atoms with Gasteiger partial charge in [-0.25, -0.2) is 0 Å². The van der Waals surface area contributed by atoms with E-state index in [1.165, 1.54) is 0 Å². The molecule has 0 aliphatic rings. The molecule has 3 aromatic rings. The van der Waals surface area contributed by atoms with E-state index in [1.807, 2.05) is 31.2 Å². The molecule has 0 saturated heterocycles. The van der Waals surface area contributed by atoms with Crippen molar-refractivity contribution in [2.45, 2.75) is 13.5 Å². The van der Waals surface area contributed by atoms with Crippen molar-refractivity contribution in [3.63, 3.8) is 0 Å². The molecule has 0 atom stereocenters. The van der Waals surface area contributed by atoms with E-state index < -0.39 is 0 Å². The first kappa shape index (κ1) is 16.9. The number of halogens is 1. The molecular formula is C17H16ClN5O2. The number of tetrazole rings is 1. The quantitative estimate of drug-likeness (QED) is 0.732. The molecule has 1 heterocycles. The first-order chi connectivity index (χ1) is 12.1. The topological polar surface area (TPSA) is 81.9 Å². The normalized spacial score (nSPS) is 10.5. The van der Waals surface area contributed by atoms with Gasteiger partial charge in [0.1, 0.15) is 5.75 Å². The molecule has 0 saturated carbocycles. The molecule has 0 unspecified atom stereocenters. The summed E-state index contributed by atoms with van der Waals surface area (Å²) < 4.78 is 7.05. The Bertz CT molecular complexity index is 863. The van der Waals surface area contributed by atoms with Crippen LogP contribution < -0.4 is 10.1 Å². The third kappa shape index (κ3) is 4.33. The molecule has 0 radical (unpaired) electrons. The average molecular weight is 358 g/mol. The number of hydrogen-bond acceptors (Lipinski definition) is 5. The smallest absolute Gasteiger partial charge is 0.258 e. The summed E-state index contributed by atoms with van der Waals surface area (Å²) in [5.74, 6) is 0.934. The van der Waals surface area contributed by atoms with Gasteiger partial charge in [0.15, 0.2) is 12.4 Å². The zero-order valence-electron chi connectivity index (χ0n) is 13.5. The van der Waals surface area contributed by atoms with E-state index >= 15 is 0 Å². The number of para-hydroxylation sites is 1. The van der Waals surface area contributed by atoms with Crippen molar-refractivity contribution in [1.29, 1.82) is 0 Å². The number of benzene rings is 2. The number of aromatic nitrogens is 4. The van der Waals surface area contributed by atoms with Crippen LogP contribution in [-0.4, -0.2) is 32.7 Å². The van der Waals surface area contributed by atoms with Crippen LogP contribution in [0.15, 0.2) is 48.5 Å². The maximum absolute atomic E-state index is 12.0. The molecule has 7 nitrogen and oxygen atoms in total. The third-order valence-electron chi connectivity index (χ3n) is 3.50. The summed E-state index contributed by atoms with van der Waals surface area (Å²) in [4.78, 5) is 12.0. The summed E-state index contributed by atoms with van der Waals surface area (Å²) in [5.41, 5.74) is 1.73. The molecule has 0 fully saturated rings. The average Bonchev–Trinajstić information content (AvgIpc) is 3.08. The third-order valence-corrected chi connectivity index (χ3v) is 3.75. The van der Waals surface area contributed by atoms with Gasteiger partial charge >= 0.3 is 0 Å². The second-order valence-electron chi connectivity index (χ2n) is 5.31. The van der Waals surface area contributed by atoms with Gasteiger partial charge in [-0.1, -0.05) is 29.8 Å². The molecule has 128 valence electrons. The highest BCUT2D eigenvalue weighted by atomic mass is 35.5. The fourth-order valence-electron chi connectivity index (χ4n) is 2.19. The molecule has 0 aliphatic heterocycles. The minimum atomic E-state index is -0.256. The van der Waals surface area contributed by atoms with E-state index in [1.54, 1.807) is 28.9 Å². The van der Waals surface area contributed by atoms with Gasteiger partial charge in [0.05, 0.1) is 12.2 Å². The summed E-state index contributed by atoms with van der Waals surface area (Å²) in [6.45, 7) is 2.03. The highest BCUT2D eigenvalue weighted by molar-refractivity contribution is 6.30. The maximum atomic E-state index is 12.0. The Hall–Kier alpha value is -2.93.